The van der Waals surface area contributed by atoms with Crippen molar-refractivity contribution in [2.45, 2.75) is 52.4 Å². The molecule has 0 amide bonds. The molecule has 0 aliphatic rings. The van der Waals surface area contributed by atoms with Gasteiger partial charge >= 0.3 is 0 Å². The maximum absolute atomic E-state index is 12.1. The Bertz CT molecular complexity index is 2000. The number of hydrogen-bond acceptors (Lipinski definition) is 5. The zero-order valence-corrected chi connectivity index (χ0v) is 26.2. The normalized spacial score (nSPS) is 12.1. The van der Waals surface area contributed by atoms with Crippen molar-refractivity contribution in [3.8, 4) is 27.9 Å². The van der Waals surface area contributed by atoms with Gasteiger partial charge in [-0.15, -0.1) is 0 Å². The van der Waals surface area contributed by atoms with Crippen molar-refractivity contribution in [2.75, 3.05) is 0 Å². The number of fused-ring (bicyclic) bond motifs is 3. The van der Waals surface area contributed by atoms with E-state index in [1.807, 2.05) is 72.8 Å². The predicted molar refractivity (Wildman–Crippen MR) is 180 cm³/mol. The van der Waals surface area contributed by atoms with Gasteiger partial charge in [-0.05, 0) is 69.5 Å². The van der Waals surface area contributed by atoms with Crippen LogP contribution in [0.15, 0.2) is 97.3 Å². The topological polar surface area (TPSA) is 104 Å². The molecule has 45 heavy (non-hydrogen) atoms. The summed E-state index contributed by atoms with van der Waals surface area (Å²) in [6.45, 7) is 12.5. The third kappa shape index (κ3) is 5.33. The molecule has 0 unspecified atom stereocenters. The molecule has 0 spiro atoms. The second-order valence-corrected chi connectivity index (χ2v) is 13.5. The van der Waals surface area contributed by atoms with E-state index in [0.29, 0.717) is 11.1 Å². The number of nitro groups is 2. The highest BCUT2D eigenvalue weighted by Gasteiger charge is 2.24. The molecule has 0 fully saturated rings. The zero-order chi connectivity index (χ0) is 32.3. The number of pyridine rings is 1. The van der Waals surface area contributed by atoms with Crippen LogP contribution in [0.25, 0.3) is 49.7 Å². The van der Waals surface area contributed by atoms with Crippen molar-refractivity contribution in [3.05, 3.63) is 129 Å². The van der Waals surface area contributed by atoms with Crippen LogP contribution in [0.2, 0.25) is 0 Å². The molecule has 6 aromatic rings. The summed E-state index contributed by atoms with van der Waals surface area (Å²) in [5.74, 6) is 0. The van der Waals surface area contributed by atoms with Gasteiger partial charge in [-0.1, -0.05) is 77.9 Å². The first-order chi connectivity index (χ1) is 21.2. The Morgan fingerprint density at radius 1 is 0.578 bits per heavy atom. The first-order valence-corrected chi connectivity index (χ1v) is 14.8. The molecule has 0 N–H and O–H groups in total. The number of benzene rings is 4. The van der Waals surface area contributed by atoms with E-state index < -0.39 is 0 Å². The zero-order valence-electron chi connectivity index (χ0n) is 26.2. The van der Waals surface area contributed by atoms with Crippen molar-refractivity contribution in [1.82, 2.24) is 9.55 Å². The minimum Gasteiger partial charge on any atom is -0.309 e. The van der Waals surface area contributed by atoms with Crippen LogP contribution >= 0.6 is 0 Å². The molecular formula is C37H34N4O4. The number of hydrogen-bond donors (Lipinski definition) is 0. The number of aromatic nitrogens is 2. The Labute approximate surface area is 261 Å². The van der Waals surface area contributed by atoms with Crippen LogP contribution < -0.4 is 0 Å². The van der Waals surface area contributed by atoms with E-state index in [1.54, 1.807) is 24.5 Å². The monoisotopic (exact) mass is 598 g/mol. The molecule has 0 saturated carbocycles. The fourth-order valence-electron chi connectivity index (χ4n) is 5.91. The predicted octanol–water partition coefficient (Wildman–Crippen LogP) is 9.92. The van der Waals surface area contributed by atoms with Crippen LogP contribution in [0, 0.1) is 20.2 Å². The van der Waals surface area contributed by atoms with Crippen LogP contribution in [-0.2, 0) is 10.8 Å². The molecule has 226 valence electrons. The van der Waals surface area contributed by atoms with Crippen molar-refractivity contribution in [3.63, 3.8) is 0 Å². The lowest BCUT2D eigenvalue weighted by Gasteiger charge is -2.20. The third-order valence-corrected chi connectivity index (χ3v) is 8.43. The van der Waals surface area contributed by atoms with E-state index in [0.717, 1.165) is 49.7 Å². The highest BCUT2D eigenvalue weighted by Crippen LogP contribution is 2.41. The highest BCUT2D eigenvalue weighted by atomic mass is 16.6. The average Bonchev–Trinajstić information content (AvgIpc) is 3.32. The fraction of sp³-hybridized carbons (Fsp3) is 0.216. The Morgan fingerprint density at radius 2 is 1.00 bits per heavy atom. The molecular weight excluding hydrogens is 564 g/mol. The quantitative estimate of drug-likeness (QED) is 0.145. The second kappa shape index (κ2) is 10.7. The SMILES string of the molecule is CC(C)(C)c1ccc([N+](=O)[O-])c(-c2ccc3c4ccc(-c5cc(C(C)(C)C)ccc5[N+](=O)[O-])cc4n(-c4ccncc4)c3c2)c1. The molecule has 0 atom stereocenters. The maximum atomic E-state index is 12.1. The molecule has 4 aromatic carbocycles. The fourth-order valence-corrected chi connectivity index (χ4v) is 5.91. The standard InChI is InChI=1S/C37H34N4O4/c1-36(2,3)25-9-13-32(40(42)43)30(21-25)23-7-11-28-29-12-8-24(31-22-26(37(4,5)6)10-14-33(31)41(44)45)20-35(29)39(34(28)19-23)27-15-17-38-18-16-27/h7-22H,1-6H3. The Kier molecular flexibility index (Phi) is 7.03. The number of rotatable bonds is 5. The second-order valence-electron chi connectivity index (χ2n) is 13.5. The molecule has 0 saturated heterocycles. The summed E-state index contributed by atoms with van der Waals surface area (Å²) in [6, 6.07) is 26.3. The molecule has 2 heterocycles. The minimum atomic E-state index is -0.338. The van der Waals surface area contributed by atoms with Crippen molar-refractivity contribution < 1.29 is 9.85 Å². The first kappa shape index (κ1) is 29.7. The molecule has 6 rings (SSSR count). The lowest BCUT2D eigenvalue weighted by atomic mass is 9.85. The van der Waals surface area contributed by atoms with E-state index in [4.69, 9.17) is 0 Å². The van der Waals surface area contributed by atoms with Gasteiger partial charge in [0.25, 0.3) is 11.4 Å². The van der Waals surface area contributed by atoms with E-state index >= 15 is 0 Å². The van der Waals surface area contributed by atoms with Gasteiger partial charge in [-0.3, -0.25) is 25.2 Å². The summed E-state index contributed by atoms with van der Waals surface area (Å²) < 4.78 is 2.10. The molecule has 8 heteroatoms. The van der Waals surface area contributed by atoms with Crippen molar-refractivity contribution in [2.24, 2.45) is 0 Å². The van der Waals surface area contributed by atoms with Crippen LogP contribution in [0.4, 0.5) is 11.4 Å². The molecule has 2 aromatic heterocycles. The summed E-state index contributed by atoms with van der Waals surface area (Å²) in [7, 11) is 0. The van der Waals surface area contributed by atoms with Gasteiger partial charge < -0.3 is 4.57 Å². The van der Waals surface area contributed by atoms with Crippen LogP contribution in [-0.4, -0.2) is 19.4 Å². The summed E-state index contributed by atoms with van der Waals surface area (Å²) in [5.41, 5.74) is 6.85. The lowest BCUT2D eigenvalue weighted by Crippen LogP contribution is -2.11. The molecule has 0 aliphatic carbocycles. The van der Waals surface area contributed by atoms with Gasteiger partial charge in [0.15, 0.2) is 0 Å². The van der Waals surface area contributed by atoms with Crippen LogP contribution in [0.1, 0.15) is 52.7 Å². The highest BCUT2D eigenvalue weighted by molar-refractivity contribution is 6.11. The summed E-state index contributed by atoms with van der Waals surface area (Å²) >= 11 is 0. The lowest BCUT2D eigenvalue weighted by molar-refractivity contribution is -0.384. The van der Waals surface area contributed by atoms with Gasteiger partial charge in [-0.25, -0.2) is 0 Å². The number of nitro benzene ring substituents is 2. The Morgan fingerprint density at radius 3 is 1.38 bits per heavy atom. The van der Waals surface area contributed by atoms with E-state index in [2.05, 4.69) is 51.1 Å². The van der Waals surface area contributed by atoms with Crippen molar-refractivity contribution >= 4 is 33.2 Å². The first-order valence-electron chi connectivity index (χ1n) is 14.8. The summed E-state index contributed by atoms with van der Waals surface area (Å²) in [5, 5.41) is 26.2. The average molecular weight is 599 g/mol. The number of nitrogens with zero attached hydrogens (tertiary/aromatic N) is 4. The summed E-state index contributed by atoms with van der Waals surface area (Å²) in [4.78, 5) is 27.8. The largest absolute Gasteiger partial charge is 0.309 e. The van der Waals surface area contributed by atoms with E-state index in [9.17, 15) is 20.2 Å². The molecule has 0 radical (unpaired) electrons. The van der Waals surface area contributed by atoms with E-state index in [-0.39, 0.29) is 32.1 Å². The third-order valence-electron chi connectivity index (χ3n) is 8.43. The van der Waals surface area contributed by atoms with Gasteiger partial charge in [0, 0.05) is 41.0 Å². The maximum Gasteiger partial charge on any atom is 0.277 e. The molecule has 0 aliphatic heterocycles. The van der Waals surface area contributed by atoms with Gasteiger partial charge in [0.05, 0.1) is 32.0 Å². The van der Waals surface area contributed by atoms with Gasteiger partial charge in [-0.2, -0.15) is 0 Å². The van der Waals surface area contributed by atoms with E-state index in [1.165, 1.54) is 0 Å². The smallest absolute Gasteiger partial charge is 0.277 e. The van der Waals surface area contributed by atoms with Crippen LogP contribution in [0.3, 0.4) is 0 Å². The van der Waals surface area contributed by atoms with Gasteiger partial charge in [0.1, 0.15) is 0 Å². The molecule has 8 nitrogen and oxygen atoms in total. The Balaban J connectivity index is 1.66. The van der Waals surface area contributed by atoms with Crippen molar-refractivity contribution in [1.29, 1.82) is 0 Å². The molecule has 0 bridgehead atoms. The summed E-state index contributed by atoms with van der Waals surface area (Å²) in [6.07, 6.45) is 3.44. The Hall–Kier alpha value is -5.37. The minimum absolute atomic E-state index is 0.0437. The van der Waals surface area contributed by atoms with Crippen LogP contribution in [0.5, 0.6) is 0 Å². The van der Waals surface area contributed by atoms with Gasteiger partial charge in [0.2, 0.25) is 0 Å².